The van der Waals surface area contributed by atoms with Gasteiger partial charge in [-0.25, -0.2) is 4.79 Å². The third-order valence-corrected chi connectivity index (χ3v) is 7.36. The van der Waals surface area contributed by atoms with Crippen LogP contribution in [-0.4, -0.2) is 78.0 Å². The van der Waals surface area contributed by atoms with Gasteiger partial charge in [-0.2, -0.15) is 0 Å². The average Bonchev–Trinajstić information content (AvgIpc) is 2.98. The predicted molar refractivity (Wildman–Crippen MR) is 160 cm³/mol. The molecule has 2 aromatic rings. The summed E-state index contributed by atoms with van der Waals surface area (Å²) < 4.78 is 22.3. The molecule has 0 aliphatic carbocycles. The lowest BCUT2D eigenvalue weighted by atomic mass is 9.76. The first-order valence-electron chi connectivity index (χ1n) is 14.3. The number of esters is 2. The summed E-state index contributed by atoms with van der Waals surface area (Å²) in [5, 5.41) is 24.8. The van der Waals surface area contributed by atoms with Crippen molar-refractivity contribution >= 4 is 17.8 Å². The summed E-state index contributed by atoms with van der Waals surface area (Å²) in [5.74, 6) is -4.82. The van der Waals surface area contributed by atoms with Crippen molar-refractivity contribution in [2.24, 2.45) is 11.8 Å². The summed E-state index contributed by atoms with van der Waals surface area (Å²) >= 11 is 0. The van der Waals surface area contributed by atoms with Crippen LogP contribution in [0.5, 0.6) is 0 Å². The average molecular weight is 598 g/mol. The second kappa shape index (κ2) is 14.7. The van der Waals surface area contributed by atoms with E-state index >= 15 is 0 Å². The molecule has 1 amide bonds. The molecule has 3 rings (SSSR count). The molecule has 1 unspecified atom stereocenters. The van der Waals surface area contributed by atoms with Gasteiger partial charge in [0.25, 0.3) is 11.7 Å². The maximum absolute atomic E-state index is 13.0. The molecule has 6 atom stereocenters. The van der Waals surface area contributed by atoms with Gasteiger partial charge in [0.05, 0.1) is 25.9 Å². The molecule has 1 fully saturated rings. The van der Waals surface area contributed by atoms with Gasteiger partial charge in [-0.3, -0.25) is 9.59 Å². The van der Waals surface area contributed by atoms with Crippen molar-refractivity contribution in [3.8, 4) is 11.1 Å². The molecule has 0 saturated carbocycles. The van der Waals surface area contributed by atoms with Crippen molar-refractivity contribution in [2.45, 2.75) is 70.2 Å². The van der Waals surface area contributed by atoms with Crippen molar-refractivity contribution in [2.75, 3.05) is 20.3 Å². The van der Waals surface area contributed by atoms with E-state index in [-0.39, 0.29) is 26.0 Å². The van der Waals surface area contributed by atoms with Gasteiger partial charge in [-0.05, 0) is 55.9 Å². The molecular formula is C33H43NO9. The second-order valence-corrected chi connectivity index (χ2v) is 11.8. The van der Waals surface area contributed by atoms with Gasteiger partial charge in [-0.1, -0.05) is 55.5 Å². The molecule has 1 heterocycles. The van der Waals surface area contributed by atoms with Crippen LogP contribution in [-0.2, 0) is 28.5 Å². The molecule has 10 nitrogen and oxygen atoms in total. The molecule has 1 aliphatic rings. The van der Waals surface area contributed by atoms with Crippen LogP contribution < -0.4 is 5.32 Å². The van der Waals surface area contributed by atoms with Crippen molar-refractivity contribution < 1.29 is 43.5 Å². The van der Waals surface area contributed by atoms with Crippen LogP contribution >= 0.6 is 0 Å². The fourth-order valence-corrected chi connectivity index (χ4v) is 5.13. The number of aliphatic hydroxyl groups excluding tert-OH is 2. The van der Waals surface area contributed by atoms with Gasteiger partial charge < -0.3 is 34.5 Å². The number of hydrogen-bond donors (Lipinski definition) is 3. The Bertz CT molecular complexity index is 1240. The number of benzene rings is 2. The topological polar surface area (TPSA) is 141 Å². The molecular weight excluding hydrogens is 554 g/mol. The third kappa shape index (κ3) is 8.96. The second-order valence-electron chi connectivity index (χ2n) is 11.8. The van der Waals surface area contributed by atoms with E-state index < -0.39 is 59.4 Å². The summed E-state index contributed by atoms with van der Waals surface area (Å²) in [6.07, 6.45) is -2.92. The highest BCUT2D eigenvalue weighted by atomic mass is 16.7. The number of carbonyl (C=O) groups is 3. The molecule has 2 aromatic carbocycles. The smallest absolute Gasteiger partial charge is 0.366 e. The molecule has 3 N–H and O–H groups in total. The van der Waals surface area contributed by atoms with Crippen LogP contribution in [0.3, 0.4) is 0 Å². The van der Waals surface area contributed by atoms with E-state index in [2.05, 4.69) is 11.9 Å². The summed E-state index contributed by atoms with van der Waals surface area (Å²) in [7, 11) is 1.17. The molecule has 0 bridgehead atoms. The lowest BCUT2D eigenvalue weighted by Gasteiger charge is -2.47. The molecule has 10 heteroatoms. The Balaban J connectivity index is 1.75. The Morgan fingerprint density at radius 3 is 2.30 bits per heavy atom. The highest BCUT2D eigenvalue weighted by molar-refractivity contribution is 5.94. The highest BCUT2D eigenvalue weighted by Gasteiger charge is 2.55. The van der Waals surface area contributed by atoms with Gasteiger partial charge >= 0.3 is 11.9 Å². The molecule has 0 aromatic heterocycles. The lowest BCUT2D eigenvalue weighted by molar-refractivity contribution is -0.310. The van der Waals surface area contributed by atoms with E-state index in [1.54, 1.807) is 39.8 Å². The maximum Gasteiger partial charge on any atom is 0.366 e. The summed E-state index contributed by atoms with van der Waals surface area (Å²) in [6.45, 7) is 10.2. The van der Waals surface area contributed by atoms with Crippen LogP contribution in [0.4, 0.5) is 0 Å². The van der Waals surface area contributed by atoms with Gasteiger partial charge in [0.1, 0.15) is 11.7 Å². The van der Waals surface area contributed by atoms with Crippen LogP contribution in [0.2, 0.25) is 0 Å². The first-order chi connectivity index (χ1) is 20.3. The van der Waals surface area contributed by atoms with Crippen LogP contribution in [0.15, 0.2) is 67.3 Å². The molecule has 234 valence electrons. The first-order valence-corrected chi connectivity index (χ1v) is 14.3. The number of nitrogens with one attached hydrogen (secondary N) is 1. The third-order valence-electron chi connectivity index (χ3n) is 7.36. The van der Waals surface area contributed by atoms with E-state index in [1.165, 1.54) is 13.2 Å². The van der Waals surface area contributed by atoms with E-state index in [0.29, 0.717) is 5.56 Å². The molecule has 0 spiro atoms. The van der Waals surface area contributed by atoms with Gasteiger partial charge in [0.2, 0.25) is 0 Å². The van der Waals surface area contributed by atoms with E-state index in [9.17, 15) is 24.6 Å². The van der Waals surface area contributed by atoms with E-state index in [4.69, 9.17) is 18.9 Å². The Morgan fingerprint density at radius 2 is 1.72 bits per heavy atom. The minimum absolute atomic E-state index is 0.0526. The number of methoxy groups -OCH3 is 1. The lowest BCUT2D eigenvalue weighted by Crippen LogP contribution is -2.60. The quantitative estimate of drug-likeness (QED) is 0.247. The molecule has 43 heavy (non-hydrogen) atoms. The van der Waals surface area contributed by atoms with Crippen molar-refractivity contribution in [1.82, 2.24) is 5.32 Å². The standard InChI is InChI=1S/C33H43NO9/c1-7-17-41-33(31(39)40-6)19-25(18-27(36)42-32(3,4)5)21(2)29(43-33)28(37)26(35)20-34-30(38)24-15-13-23(14-16-24)22-11-9-8-10-12-22/h7-16,21,25-26,28-29,35,37H,1,17-20H2,2-6H3,(H,34,38)/t21-,25-,26-,28-,29?,33-/m1/s1. The Hall–Kier alpha value is -3.57. The number of ether oxygens (including phenoxy) is 4. The van der Waals surface area contributed by atoms with Crippen LogP contribution in [0.1, 0.15) is 50.9 Å². The zero-order chi connectivity index (χ0) is 31.8. The zero-order valence-electron chi connectivity index (χ0n) is 25.4. The fraction of sp³-hybridized carbons (Fsp3) is 0.485. The van der Waals surface area contributed by atoms with E-state index in [0.717, 1.165) is 11.1 Å². The fourth-order valence-electron chi connectivity index (χ4n) is 5.13. The van der Waals surface area contributed by atoms with E-state index in [1.807, 2.05) is 42.5 Å². The maximum atomic E-state index is 13.0. The Kier molecular flexibility index (Phi) is 11.6. The van der Waals surface area contributed by atoms with Crippen molar-refractivity contribution in [3.05, 3.63) is 72.8 Å². The Labute approximate surface area is 253 Å². The molecule has 1 saturated heterocycles. The molecule has 1 aliphatic heterocycles. The summed E-state index contributed by atoms with van der Waals surface area (Å²) in [5.41, 5.74) is 1.62. The first kappa shape index (κ1) is 33.9. The van der Waals surface area contributed by atoms with Crippen molar-refractivity contribution in [1.29, 1.82) is 0 Å². The van der Waals surface area contributed by atoms with Gasteiger partial charge in [0, 0.05) is 24.9 Å². The SMILES string of the molecule is C=CCO[C@]1(C(=O)OC)C[C@@H](CC(=O)OC(C)(C)C)[C@@H](C)C([C@H](O)[C@H](O)CNC(=O)c2ccc(-c3ccccc3)cc2)O1. The van der Waals surface area contributed by atoms with Crippen molar-refractivity contribution in [3.63, 3.8) is 0 Å². The largest absolute Gasteiger partial charge is 0.465 e. The Morgan fingerprint density at radius 1 is 1.09 bits per heavy atom. The number of rotatable bonds is 12. The van der Waals surface area contributed by atoms with Crippen LogP contribution in [0.25, 0.3) is 11.1 Å². The summed E-state index contributed by atoms with van der Waals surface area (Å²) in [4.78, 5) is 38.5. The minimum Gasteiger partial charge on any atom is -0.465 e. The number of hydrogen-bond acceptors (Lipinski definition) is 9. The van der Waals surface area contributed by atoms with Gasteiger partial charge in [0.15, 0.2) is 0 Å². The highest BCUT2D eigenvalue weighted by Crippen LogP contribution is 2.42. The zero-order valence-corrected chi connectivity index (χ0v) is 25.4. The number of carbonyl (C=O) groups excluding carboxylic acids is 3. The molecule has 0 radical (unpaired) electrons. The minimum atomic E-state index is -1.96. The van der Waals surface area contributed by atoms with Gasteiger partial charge in [-0.15, -0.1) is 6.58 Å². The van der Waals surface area contributed by atoms with Crippen LogP contribution in [0, 0.1) is 11.8 Å². The predicted octanol–water partition coefficient (Wildman–Crippen LogP) is 3.65. The normalized spacial score (nSPS) is 23.5. The summed E-state index contributed by atoms with van der Waals surface area (Å²) in [6, 6.07) is 16.7. The monoisotopic (exact) mass is 597 g/mol. The number of aliphatic hydroxyl groups is 2. The number of amides is 1.